The van der Waals surface area contributed by atoms with E-state index in [2.05, 4.69) is 29.2 Å². The van der Waals surface area contributed by atoms with Crippen molar-refractivity contribution in [3.05, 3.63) is 41.5 Å². The van der Waals surface area contributed by atoms with Gasteiger partial charge in [-0.15, -0.1) is 0 Å². The molecule has 172 valence electrons. The van der Waals surface area contributed by atoms with Crippen LogP contribution < -0.4 is 23.7 Å². The van der Waals surface area contributed by atoms with Crippen molar-refractivity contribution in [1.82, 2.24) is 4.90 Å². The summed E-state index contributed by atoms with van der Waals surface area (Å²) in [6, 6.07) is 10.9. The van der Waals surface area contributed by atoms with Crippen molar-refractivity contribution in [2.24, 2.45) is 0 Å². The van der Waals surface area contributed by atoms with Gasteiger partial charge in [-0.2, -0.15) is 0 Å². The average Bonchev–Trinajstić information content (AvgIpc) is 2.86. The number of methoxy groups -OCH3 is 5. The number of hydrogen-bond acceptors (Lipinski definition) is 6. The van der Waals surface area contributed by atoms with Crippen LogP contribution in [0.3, 0.4) is 0 Å². The van der Waals surface area contributed by atoms with Crippen molar-refractivity contribution in [1.29, 1.82) is 0 Å². The molecule has 0 saturated carbocycles. The van der Waals surface area contributed by atoms with E-state index in [1.807, 2.05) is 6.07 Å². The van der Waals surface area contributed by atoms with E-state index < -0.39 is 0 Å². The molecule has 6 heteroatoms. The summed E-state index contributed by atoms with van der Waals surface area (Å²) in [5.41, 5.74) is 4.88. The number of ether oxygens (including phenoxy) is 5. The Morgan fingerprint density at radius 2 is 1.34 bits per heavy atom. The average molecular weight is 440 g/mol. The highest BCUT2D eigenvalue weighted by Gasteiger charge is 2.32. The first kappa shape index (κ1) is 22.3. The summed E-state index contributed by atoms with van der Waals surface area (Å²) in [6.45, 7) is 2.05. The number of hydrogen-bond donors (Lipinski definition) is 0. The smallest absolute Gasteiger partial charge is 0.203 e. The van der Waals surface area contributed by atoms with Crippen molar-refractivity contribution >= 4 is 11.1 Å². The molecule has 0 aromatic heterocycles. The number of fused-ring (bicyclic) bond motifs is 1. The maximum absolute atomic E-state index is 5.65. The Hall–Kier alpha value is -2.86. The molecule has 1 atom stereocenters. The molecule has 6 nitrogen and oxygen atoms in total. The second-order valence-electron chi connectivity index (χ2n) is 8.27. The number of nitrogens with zero attached hydrogens (tertiary/aromatic N) is 1. The SMILES string of the molecule is COc1ccc(C2=C(c3cc(OC)c(OC)c(OC)c3)CC3CCCCN3C2)cc1OC. The van der Waals surface area contributed by atoms with Gasteiger partial charge >= 0.3 is 0 Å². The van der Waals surface area contributed by atoms with Crippen LogP contribution in [0.1, 0.15) is 36.8 Å². The molecule has 0 amide bonds. The first-order valence-electron chi connectivity index (χ1n) is 11.1. The van der Waals surface area contributed by atoms with Gasteiger partial charge in [-0.05, 0) is 72.3 Å². The molecule has 2 aliphatic heterocycles. The Balaban J connectivity index is 1.89. The largest absolute Gasteiger partial charge is 0.493 e. The van der Waals surface area contributed by atoms with E-state index in [-0.39, 0.29) is 0 Å². The van der Waals surface area contributed by atoms with Crippen LogP contribution in [0.4, 0.5) is 0 Å². The zero-order valence-corrected chi connectivity index (χ0v) is 19.7. The summed E-state index contributed by atoms with van der Waals surface area (Å²) in [4.78, 5) is 2.62. The highest BCUT2D eigenvalue weighted by molar-refractivity contribution is 5.94. The number of piperidine rings is 1. The summed E-state index contributed by atoms with van der Waals surface area (Å²) in [7, 11) is 8.30. The van der Waals surface area contributed by atoms with Gasteiger partial charge in [0.05, 0.1) is 35.5 Å². The minimum atomic E-state index is 0.557. The summed E-state index contributed by atoms with van der Waals surface area (Å²) in [5, 5.41) is 0. The minimum Gasteiger partial charge on any atom is -0.493 e. The van der Waals surface area contributed by atoms with E-state index in [1.165, 1.54) is 30.4 Å². The van der Waals surface area contributed by atoms with Crippen molar-refractivity contribution in [2.45, 2.75) is 31.7 Å². The second-order valence-corrected chi connectivity index (χ2v) is 8.27. The normalized spacial score (nSPS) is 18.7. The quantitative estimate of drug-likeness (QED) is 0.612. The molecule has 2 aliphatic rings. The van der Waals surface area contributed by atoms with Gasteiger partial charge in [-0.3, -0.25) is 4.90 Å². The van der Waals surface area contributed by atoms with Gasteiger partial charge in [0.25, 0.3) is 0 Å². The molecule has 0 bridgehead atoms. The molecule has 1 saturated heterocycles. The Morgan fingerprint density at radius 3 is 1.97 bits per heavy atom. The van der Waals surface area contributed by atoms with Crippen LogP contribution in [-0.2, 0) is 0 Å². The molecule has 2 aromatic carbocycles. The van der Waals surface area contributed by atoms with Gasteiger partial charge in [0, 0.05) is 12.6 Å². The predicted octanol–water partition coefficient (Wildman–Crippen LogP) is 4.90. The fraction of sp³-hybridized carbons (Fsp3) is 0.462. The van der Waals surface area contributed by atoms with Crippen LogP contribution in [0.25, 0.3) is 11.1 Å². The molecule has 0 radical (unpaired) electrons. The van der Waals surface area contributed by atoms with Gasteiger partial charge in [-0.25, -0.2) is 0 Å². The maximum Gasteiger partial charge on any atom is 0.203 e. The van der Waals surface area contributed by atoms with Crippen molar-refractivity contribution in [2.75, 3.05) is 48.6 Å². The fourth-order valence-corrected chi connectivity index (χ4v) is 4.99. The molecule has 4 rings (SSSR count). The molecular weight excluding hydrogens is 406 g/mol. The summed E-state index contributed by atoms with van der Waals surface area (Å²) >= 11 is 0. The molecule has 0 aliphatic carbocycles. The molecule has 2 aromatic rings. The van der Waals surface area contributed by atoms with Crippen LogP contribution in [0, 0.1) is 0 Å². The third kappa shape index (κ3) is 4.11. The van der Waals surface area contributed by atoms with Crippen LogP contribution in [0.15, 0.2) is 30.3 Å². The van der Waals surface area contributed by atoms with E-state index in [0.717, 1.165) is 42.1 Å². The third-order valence-corrected chi connectivity index (χ3v) is 6.66. The topological polar surface area (TPSA) is 49.4 Å². The van der Waals surface area contributed by atoms with Gasteiger partial charge in [0.2, 0.25) is 5.75 Å². The zero-order valence-electron chi connectivity index (χ0n) is 19.7. The van der Waals surface area contributed by atoms with E-state index >= 15 is 0 Å². The Morgan fingerprint density at radius 1 is 0.688 bits per heavy atom. The standard InChI is InChI=1S/C26H33NO5/c1-28-22-10-9-17(12-23(22)29-2)21-16-27-11-7-6-8-19(27)15-20(21)18-13-24(30-3)26(32-5)25(14-18)31-4/h9-10,12-14,19H,6-8,11,15-16H2,1-5H3. The van der Waals surface area contributed by atoms with Crippen molar-refractivity contribution in [3.63, 3.8) is 0 Å². The molecule has 32 heavy (non-hydrogen) atoms. The molecule has 0 spiro atoms. The zero-order chi connectivity index (χ0) is 22.7. The van der Waals surface area contributed by atoms with Crippen LogP contribution in [-0.4, -0.2) is 59.6 Å². The van der Waals surface area contributed by atoms with Crippen LogP contribution in [0.2, 0.25) is 0 Å². The van der Waals surface area contributed by atoms with Crippen molar-refractivity contribution < 1.29 is 23.7 Å². The fourth-order valence-electron chi connectivity index (χ4n) is 4.99. The summed E-state index contributed by atoms with van der Waals surface area (Å²) in [5.74, 6) is 3.43. The summed E-state index contributed by atoms with van der Waals surface area (Å²) in [6.07, 6.45) is 4.76. The lowest BCUT2D eigenvalue weighted by molar-refractivity contribution is 0.165. The number of benzene rings is 2. The van der Waals surface area contributed by atoms with Crippen LogP contribution >= 0.6 is 0 Å². The molecule has 0 N–H and O–H groups in total. The van der Waals surface area contributed by atoms with E-state index in [0.29, 0.717) is 23.3 Å². The van der Waals surface area contributed by atoms with Gasteiger partial charge in [0.1, 0.15) is 0 Å². The Kier molecular flexibility index (Phi) is 6.80. The molecule has 1 unspecified atom stereocenters. The van der Waals surface area contributed by atoms with Crippen LogP contribution in [0.5, 0.6) is 28.7 Å². The maximum atomic E-state index is 5.65. The third-order valence-electron chi connectivity index (χ3n) is 6.66. The molecular formula is C26H33NO5. The van der Waals surface area contributed by atoms with Crippen molar-refractivity contribution in [3.8, 4) is 28.7 Å². The molecule has 2 heterocycles. The van der Waals surface area contributed by atoms with E-state index in [1.54, 1.807) is 35.5 Å². The second kappa shape index (κ2) is 9.74. The van der Waals surface area contributed by atoms with E-state index in [9.17, 15) is 0 Å². The summed E-state index contributed by atoms with van der Waals surface area (Å²) < 4.78 is 27.9. The number of rotatable bonds is 7. The lowest BCUT2D eigenvalue weighted by atomic mass is 9.82. The van der Waals surface area contributed by atoms with E-state index in [4.69, 9.17) is 23.7 Å². The van der Waals surface area contributed by atoms with Gasteiger partial charge in [0.15, 0.2) is 23.0 Å². The minimum absolute atomic E-state index is 0.557. The lowest BCUT2D eigenvalue weighted by Crippen LogP contribution is -2.43. The Bertz CT molecular complexity index is 975. The first-order chi connectivity index (χ1) is 15.6. The monoisotopic (exact) mass is 439 g/mol. The Labute approximate surface area is 190 Å². The van der Waals surface area contributed by atoms with Gasteiger partial charge < -0.3 is 23.7 Å². The highest BCUT2D eigenvalue weighted by atomic mass is 16.5. The highest BCUT2D eigenvalue weighted by Crippen LogP contribution is 2.45. The molecule has 1 fully saturated rings. The lowest BCUT2D eigenvalue weighted by Gasteiger charge is -2.41. The first-order valence-corrected chi connectivity index (χ1v) is 11.1. The van der Waals surface area contributed by atoms with Gasteiger partial charge in [-0.1, -0.05) is 12.5 Å². The predicted molar refractivity (Wildman–Crippen MR) is 126 cm³/mol.